The summed E-state index contributed by atoms with van der Waals surface area (Å²) in [5.74, 6) is -0.190. The topological polar surface area (TPSA) is 82.2 Å². The lowest BCUT2D eigenvalue weighted by Gasteiger charge is -2.34. The second kappa shape index (κ2) is 7.41. The van der Waals surface area contributed by atoms with Crippen molar-refractivity contribution in [2.24, 2.45) is 0 Å². The summed E-state index contributed by atoms with van der Waals surface area (Å²) in [7, 11) is 0. The predicted molar refractivity (Wildman–Crippen MR) is 113 cm³/mol. The van der Waals surface area contributed by atoms with Crippen molar-refractivity contribution in [2.45, 2.75) is 0 Å². The Balaban J connectivity index is 1.25. The van der Waals surface area contributed by atoms with Crippen molar-refractivity contribution in [3.63, 3.8) is 0 Å². The molecule has 2 amide bonds. The molecule has 7 nitrogen and oxygen atoms in total. The summed E-state index contributed by atoms with van der Waals surface area (Å²) >= 11 is 2.93. The van der Waals surface area contributed by atoms with Crippen LogP contribution in [0.3, 0.4) is 0 Å². The standard InChI is InChI=1S/C20H17N5O2S2/c26-19(15-12-14(21-22-15)17-6-3-11-28-17)24-7-9-25(10-8-24)20(27)18-13-4-1-2-5-16(13)29-23-18/h1-6,11-12H,7-10H2,(H,21,22). The number of benzene rings is 1. The fourth-order valence-corrected chi connectivity index (χ4v) is 4.91. The van der Waals surface area contributed by atoms with Crippen LogP contribution < -0.4 is 0 Å². The molecule has 1 aliphatic heterocycles. The van der Waals surface area contributed by atoms with Gasteiger partial charge in [-0.05, 0) is 35.1 Å². The van der Waals surface area contributed by atoms with E-state index < -0.39 is 0 Å². The Hall–Kier alpha value is -3.04. The third-order valence-corrected chi connectivity index (χ3v) is 6.75. The van der Waals surface area contributed by atoms with Gasteiger partial charge in [-0.25, -0.2) is 0 Å². The van der Waals surface area contributed by atoms with Crippen LogP contribution in [0.2, 0.25) is 0 Å². The first-order chi connectivity index (χ1) is 14.2. The molecule has 1 fully saturated rings. The van der Waals surface area contributed by atoms with E-state index in [-0.39, 0.29) is 11.8 Å². The van der Waals surface area contributed by atoms with Gasteiger partial charge < -0.3 is 9.80 Å². The lowest BCUT2D eigenvalue weighted by molar-refractivity contribution is 0.0531. The number of hydrogen-bond donors (Lipinski definition) is 1. The maximum absolute atomic E-state index is 12.9. The number of piperazine rings is 1. The number of nitrogens with zero attached hydrogens (tertiary/aromatic N) is 4. The Morgan fingerprint density at radius 2 is 1.72 bits per heavy atom. The largest absolute Gasteiger partial charge is 0.334 e. The lowest BCUT2D eigenvalue weighted by atomic mass is 10.2. The minimum Gasteiger partial charge on any atom is -0.334 e. The first-order valence-corrected chi connectivity index (χ1v) is 10.9. The van der Waals surface area contributed by atoms with Crippen LogP contribution in [0.4, 0.5) is 0 Å². The maximum atomic E-state index is 12.9. The van der Waals surface area contributed by atoms with E-state index in [0.717, 1.165) is 20.7 Å². The second-order valence-electron chi connectivity index (χ2n) is 6.76. The molecule has 0 saturated carbocycles. The van der Waals surface area contributed by atoms with Gasteiger partial charge in [0, 0.05) is 31.6 Å². The summed E-state index contributed by atoms with van der Waals surface area (Å²) < 4.78 is 5.36. The zero-order valence-corrected chi connectivity index (χ0v) is 17.0. The number of amides is 2. The van der Waals surface area contributed by atoms with E-state index in [2.05, 4.69) is 14.6 Å². The fraction of sp³-hybridized carbons (Fsp3) is 0.200. The molecule has 1 saturated heterocycles. The predicted octanol–water partition coefficient (Wildman–Crippen LogP) is 3.35. The average molecular weight is 424 g/mol. The summed E-state index contributed by atoms with van der Waals surface area (Å²) in [5.41, 5.74) is 1.74. The van der Waals surface area contributed by atoms with Crippen LogP contribution in [0.25, 0.3) is 20.7 Å². The van der Waals surface area contributed by atoms with Crippen molar-refractivity contribution in [3.05, 3.63) is 59.2 Å². The van der Waals surface area contributed by atoms with Crippen LogP contribution in [0.1, 0.15) is 21.0 Å². The van der Waals surface area contributed by atoms with E-state index >= 15 is 0 Å². The van der Waals surface area contributed by atoms with Gasteiger partial charge in [-0.1, -0.05) is 24.3 Å². The summed E-state index contributed by atoms with van der Waals surface area (Å²) in [6, 6.07) is 13.5. The first-order valence-electron chi connectivity index (χ1n) is 9.23. The average Bonchev–Trinajstić information content (AvgIpc) is 3.53. The molecule has 146 valence electrons. The molecular formula is C20H17N5O2S2. The number of thiophene rings is 1. The van der Waals surface area contributed by atoms with Crippen molar-refractivity contribution in [3.8, 4) is 10.6 Å². The number of carbonyl (C=O) groups is 2. The molecule has 0 spiro atoms. The van der Waals surface area contributed by atoms with Crippen LogP contribution in [-0.2, 0) is 0 Å². The Bertz CT molecular complexity index is 1170. The summed E-state index contributed by atoms with van der Waals surface area (Å²) in [6.45, 7) is 1.93. The van der Waals surface area contributed by atoms with Crippen molar-refractivity contribution >= 4 is 44.8 Å². The molecule has 0 unspecified atom stereocenters. The Morgan fingerprint density at radius 3 is 2.48 bits per heavy atom. The van der Waals surface area contributed by atoms with Gasteiger partial charge in [0.2, 0.25) is 0 Å². The van der Waals surface area contributed by atoms with Crippen molar-refractivity contribution in [1.82, 2.24) is 24.4 Å². The molecule has 1 N–H and O–H groups in total. The number of aromatic nitrogens is 3. The van der Waals surface area contributed by atoms with E-state index in [4.69, 9.17) is 0 Å². The number of rotatable bonds is 3. The van der Waals surface area contributed by atoms with Crippen LogP contribution in [0, 0.1) is 0 Å². The first kappa shape index (κ1) is 18.0. The molecule has 0 radical (unpaired) electrons. The number of nitrogens with one attached hydrogen (secondary N) is 1. The molecule has 0 atom stereocenters. The van der Waals surface area contributed by atoms with Gasteiger partial charge >= 0.3 is 0 Å². The van der Waals surface area contributed by atoms with Gasteiger partial charge in [-0.3, -0.25) is 14.7 Å². The van der Waals surface area contributed by atoms with Crippen LogP contribution >= 0.6 is 22.9 Å². The van der Waals surface area contributed by atoms with Crippen molar-refractivity contribution in [2.75, 3.05) is 26.2 Å². The van der Waals surface area contributed by atoms with Crippen molar-refractivity contribution < 1.29 is 9.59 Å². The summed E-state index contributed by atoms with van der Waals surface area (Å²) in [5, 5.41) is 9.98. The Kier molecular flexibility index (Phi) is 4.61. The number of H-pyrrole nitrogens is 1. The number of carbonyl (C=O) groups excluding carboxylic acids is 2. The van der Waals surface area contributed by atoms with E-state index in [9.17, 15) is 9.59 Å². The SMILES string of the molecule is O=C(c1cc(-c2cccs2)[nH]n1)N1CCN(C(=O)c2nsc3ccccc23)CC1. The number of hydrogen-bond acceptors (Lipinski definition) is 6. The molecule has 9 heteroatoms. The highest BCUT2D eigenvalue weighted by molar-refractivity contribution is 7.13. The number of fused-ring (bicyclic) bond motifs is 1. The molecule has 4 heterocycles. The molecule has 3 aromatic heterocycles. The second-order valence-corrected chi connectivity index (χ2v) is 8.51. The molecular weight excluding hydrogens is 406 g/mol. The van der Waals surface area contributed by atoms with E-state index in [0.29, 0.717) is 37.6 Å². The highest BCUT2D eigenvalue weighted by atomic mass is 32.1. The lowest BCUT2D eigenvalue weighted by Crippen LogP contribution is -2.50. The van der Waals surface area contributed by atoms with Crippen molar-refractivity contribution in [1.29, 1.82) is 0 Å². The Morgan fingerprint density at radius 1 is 0.966 bits per heavy atom. The third-order valence-electron chi connectivity index (χ3n) is 5.02. The fourth-order valence-electron chi connectivity index (χ4n) is 3.45. The van der Waals surface area contributed by atoms with Gasteiger partial charge in [-0.15, -0.1) is 11.3 Å². The number of aromatic amines is 1. The van der Waals surface area contributed by atoms with Crippen LogP contribution in [0.15, 0.2) is 47.8 Å². The highest BCUT2D eigenvalue weighted by Crippen LogP contribution is 2.25. The summed E-state index contributed by atoms with van der Waals surface area (Å²) in [6.07, 6.45) is 0. The minimum atomic E-state index is -0.115. The van der Waals surface area contributed by atoms with Gasteiger partial charge in [0.1, 0.15) is 5.69 Å². The third kappa shape index (κ3) is 3.32. The minimum absolute atomic E-state index is 0.0747. The molecule has 29 heavy (non-hydrogen) atoms. The monoisotopic (exact) mass is 423 g/mol. The van der Waals surface area contributed by atoms with Gasteiger partial charge in [-0.2, -0.15) is 9.47 Å². The highest BCUT2D eigenvalue weighted by Gasteiger charge is 2.28. The smallest absolute Gasteiger partial charge is 0.274 e. The zero-order valence-electron chi connectivity index (χ0n) is 15.4. The van der Waals surface area contributed by atoms with E-state index in [1.807, 2.05) is 41.8 Å². The van der Waals surface area contributed by atoms with Gasteiger partial charge in [0.25, 0.3) is 11.8 Å². The van der Waals surface area contributed by atoms with E-state index in [1.54, 1.807) is 27.2 Å². The van der Waals surface area contributed by atoms with Gasteiger partial charge in [0.05, 0.1) is 15.3 Å². The molecule has 0 bridgehead atoms. The molecule has 0 aliphatic carbocycles. The van der Waals surface area contributed by atoms with Crippen LogP contribution in [-0.4, -0.2) is 62.4 Å². The molecule has 1 aliphatic rings. The van der Waals surface area contributed by atoms with E-state index in [1.165, 1.54) is 11.5 Å². The quantitative estimate of drug-likeness (QED) is 0.548. The van der Waals surface area contributed by atoms with Crippen LogP contribution in [0.5, 0.6) is 0 Å². The molecule has 4 aromatic rings. The molecule has 1 aromatic carbocycles. The van der Waals surface area contributed by atoms with Gasteiger partial charge in [0.15, 0.2) is 5.69 Å². The summed E-state index contributed by atoms with van der Waals surface area (Å²) in [4.78, 5) is 30.3. The zero-order chi connectivity index (χ0) is 19.8. The normalized spacial score (nSPS) is 14.5. The molecule has 5 rings (SSSR count). The Labute approximate surface area is 174 Å². The maximum Gasteiger partial charge on any atom is 0.274 e.